The van der Waals surface area contributed by atoms with Crippen LogP contribution in [-0.2, 0) is 25.7 Å². The van der Waals surface area contributed by atoms with E-state index in [2.05, 4.69) is 15.6 Å². The molecule has 1 saturated heterocycles. The van der Waals surface area contributed by atoms with E-state index in [0.29, 0.717) is 63.3 Å². The van der Waals surface area contributed by atoms with Gasteiger partial charge in [0.15, 0.2) is 0 Å². The zero-order valence-electron chi connectivity index (χ0n) is 27.5. The second kappa shape index (κ2) is 16.5. The van der Waals surface area contributed by atoms with Crippen molar-refractivity contribution in [2.24, 2.45) is 11.1 Å². The fraction of sp³-hybridized carbons (Fsp3) is 0.457. The van der Waals surface area contributed by atoms with Crippen molar-refractivity contribution in [2.45, 2.75) is 72.0 Å². The molecular weight excluding hydrogens is 618 g/mol. The Labute approximate surface area is 280 Å². The first kappa shape index (κ1) is 35.6. The van der Waals surface area contributed by atoms with Gasteiger partial charge in [0.05, 0.1) is 22.7 Å². The number of aryl methyl sites for hydroxylation is 1. The summed E-state index contributed by atoms with van der Waals surface area (Å²) in [5, 5.41) is 5.86. The second-order valence-electron chi connectivity index (χ2n) is 12.7. The Kier molecular flexibility index (Phi) is 12.5. The van der Waals surface area contributed by atoms with Crippen molar-refractivity contribution < 1.29 is 28.7 Å². The van der Waals surface area contributed by atoms with Gasteiger partial charge in [0, 0.05) is 25.3 Å². The quantitative estimate of drug-likeness (QED) is 0.206. The van der Waals surface area contributed by atoms with Gasteiger partial charge in [-0.25, -0.2) is 4.98 Å². The number of aromatic nitrogens is 1. The Bertz CT molecular complexity index is 1520. The van der Waals surface area contributed by atoms with E-state index in [4.69, 9.17) is 15.2 Å². The Balaban J connectivity index is 1.20. The molecule has 0 unspecified atom stereocenters. The van der Waals surface area contributed by atoms with Crippen molar-refractivity contribution in [3.63, 3.8) is 0 Å². The summed E-state index contributed by atoms with van der Waals surface area (Å²) in [5.41, 5.74) is 9.95. The van der Waals surface area contributed by atoms with Gasteiger partial charge >= 0.3 is 0 Å². The lowest BCUT2D eigenvalue weighted by Gasteiger charge is -2.35. The summed E-state index contributed by atoms with van der Waals surface area (Å²) >= 11 is 1.60. The predicted octanol–water partition coefficient (Wildman–Crippen LogP) is 4.23. The number of nitrogens with two attached hydrogens (primary N) is 1. The van der Waals surface area contributed by atoms with Crippen molar-refractivity contribution in [3.8, 4) is 16.2 Å². The monoisotopic (exact) mass is 663 g/mol. The highest BCUT2D eigenvalue weighted by Gasteiger charge is 2.41. The first-order valence-electron chi connectivity index (χ1n) is 15.9. The van der Waals surface area contributed by atoms with Crippen LogP contribution in [0.25, 0.3) is 10.4 Å². The summed E-state index contributed by atoms with van der Waals surface area (Å²) < 4.78 is 11.2. The second-order valence-corrected chi connectivity index (χ2v) is 13.6. The highest BCUT2D eigenvalue weighted by molar-refractivity contribution is 7.13. The molecule has 0 radical (unpaired) electrons. The Morgan fingerprint density at radius 1 is 1.04 bits per heavy atom. The number of hydrogen-bond acceptors (Lipinski definition) is 8. The Hall–Kier alpha value is -4.29. The van der Waals surface area contributed by atoms with E-state index >= 15 is 0 Å². The van der Waals surface area contributed by atoms with E-state index in [-0.39, 0.29) is 24.3 Å². The van der Waals surface area contributed by atoms with Gasteiger partial charge < -0.3 is 30.7 Å². The maximum atomic E-state index is 13.8. The highest BCUT2D eigenvalue weighted by Crippen LogP contribution is 2.28. The molecule has 47 heavy (non-hydrogen) atoms. The molecule has 12 heteroatoms. The largest absolute Gasteiger partial charge is 0.494 e. The lowest BCUT2D eigenvalue weighted by Crippen LogP contribution is -2.58. The molecule has 2 aromatic carbocycles. The number of carbonyl (C=O) groups is 4. The van der Waals surface area contributed by atoms with Crippen molar-refractivity contribution >= 4 is 35.0 Å². The summed E-state index contributed by atoms with van der Waals surface area (Å²) in [4.78, 5) is 58.0. The standard InChI is InChI=1S/C35H45N5O6S/c1-23-30(47-22-38-23)25-11-9-24(10-12-25)20-37-33(43)28-8-7-17-40(28)34(44)31(35(2,3)4)39-29(41)21-45-18-5-6-19-46-27-15-13-26(14-16-27)32(36)42/h9-16,22,28,31H,5-8,17-21H2,1-4H3,(H2,36,42)(H,37,43)(H,39,41)/t28-,31+/m0/s1. The van der Waals surface area contributed by atoms with E-state index in [9.17, 15) is 19.2 Å². The molecule has 252 valence electrons. The van der Waals surface area contributed by atoms with Crippen LogP contribution in [0.2, 0.25) is 0 Å². The lowest BCUT2D eigenvalue weighted by atomic mass is 9.85. The number of nitrogens with one attached hydrogen (secondary N) is 2. The van der Waals surface area contributed by atoms with E-state index in [1.54, 1.807) is 40.5 Å². The fourth-order valence-corrected chi connectivity index (χ4v) is 6.17. The van der Waals surface area contributed by atoms with Crippen LogP contribution in [0.1, 0.15) is 68.1 Å². The van der Waals surface area contributed by atoms with Gasteiger partial charge in [0.1, 0.15) is 24.4 Å². The lowest BCUT2D eigenvalue weighted by molar-refractivity contribution is -0.144. The number of unbranched alkanes of at least 4 members (excludes halogenated alkanes) is 1. The van der Waals surface area contributed by atoms with Gasteiger partial charge in [-0.3, -0.25) is 19.2 Å². The third-order valence-corrected chi connectivity index (χ3v) is 8.99. The zero-order chi connectivity index (χ0) is 34.0. The van der Waals surface area contributed by atoms with Crippen LogP contribution < -0.4 is 21.1 Å². The number of thiazole rings is 1. The zero-order valence-corrected chi connectivity index (χ0v) is 28.4. The van der Waals surface area contributed by atoms with Crippen LogP contribution in [0.3, 0.4) is 0 Å². The molecular formula is C35H45N5O6S. The Morgan fingerprint density at radius 2 is 1.74 bits per heavy atom. The van der Waals surface area contributed by atoms with Gasteiger partial charge in [-0.05, 0) is 73.4 Å². The number of primary amides is 1. The minimum atomic E-state index is -0.816. The van der Waals surface area contributed by atoms with Gasteiger partial charge in [-0.2, -0.15) is 0 Å². The van der Waals surface area contributed by atoms with Crippen LogP contribution in [0.5, 0.6) is 5.75 Å². The number of carbonyl (C=O) groups excluding carboxylic acids is 4. The number of ether oxygens (including phenoxy) is 2. The molecule has 4 N–H and O–H groups in total. The number of benzene rings is 2. The molecule has 3 aromatic rings. The average Bonchev–Trinajstić information content (AvgIpc) is 3.71. The molecule has 1 aliphatic heterocycles. The summed E-state index contributed by atoms with van der Waals surface area (Å²) in [6, 6.07) is 13.2. The van der Waals surface area contributed by atoms with E-state index in [0.717, 1.165) is 21.7 Å². The van der Waals surface area contributed by atoms with E-state index < -0.39 is 23.4 Å². The molecule has 0 aliphatic carbocycles. The first-order chi connectivity index (χ1) is 22.4. The molecule has 11 nitrogen and oxygen atoms in total. The SMILES string of the molecule is Cc1ncsc1-c1ccc(CNC(=O)[C@@H]2CCCN2C(=O)[C@@H](NC(=O)COCCCCOc2ccc(C(N)=O)cc2)C(C)(C)C)cc1. The van der Waals surface area contributed by atoms with E-state index in [1.807, 2.05) is 57.5 Å². The summed E-state index contributed by atoms with van der Waals surface area (Å²) in [7, 11) is 0. The number of rotatable bonds is 15. The third-order valence-electron chi connectivity index (χ3n) is 8.01. The molecule has 0 bridgehead atoms. The molecule has 1 aromatic heterocycles. The number of likely N-dealkylation sites (tertiary alicyclic amines) is 1. The van der Waals surface area contributed by atoms with Gasteiger partial charge in [0.25, 0.3) is 0 Å². The average molecular weight is 664 g/mol. The summed E-state index contributed by atoms with van der Waals surface area (Å²) in [6.07, 6.45) is 2.66. The molecule has 1 fully saturated rings. The topological polar surface area (TPSA) is 153 Å². The van der Waals surface area contributed by atoms with Crippen molar-refractivity contribution in [1.82, 2.24) is 20.5 Å². The van der Waals surface area contributed by atoms with Crippen LogP contribution in [0.15, 0.2) is 54.0 Å². The van der Waals surface area contributed by atoms with Crippen molar-refractivity contribution in [1.29, 1.82) is 0 Å². The van der Waals surface area contributed by atoms with Crippen LogP contribution in [0, 0.1) is 12.3 Å². The fourth-order valence-electron chi connectivity index (χ4n) is 5.36. The van der Waals surface area contributed by atoms with Crippen LogP contribution >= 0.6 is 11.3 Å². The highest BCUT2D eigenvalue weighted by atomic mass is 32.1. The molecule has 1 aliphatic rings. The predicted molar refractivity (Wildman–Crippen MR) is 181 cm³/mol. The maximum absolute atomic E-state index is 13.8. The van der Waals surface area contributed by atoms with Crippen LogP contribution in [0.4, 0.5) is 0 Å². The van der Waals surface area contributed by atoms with Crippen LogP contribution in [-0.4, -0.2) is 72.0 Å². The maximum Gasteiger partial charge on any atom is 0.248 e. The van der Waals surface area contributed by atoms with E-state index in [1.165, 1.54) is 0 Å². The molecule has 2 atom stereocenters. The summed E-state index contributed by atoms with van der Waals surface area (Å²) in [5.74, 6) is -0.711. The normalized spacial score (nSPS) is 15.2. The number of nitrogens with zero attached hydrogens (tertiary/aromatic N) is 2. The molecule has 0 saturated carbocycles. The first-order valence-corrected chi connectivity index (χ1v) is 16.8. The molecule has 4 amide bonds. The third kappa shape index (κ3) is 10.1. The molecule has 2 heterocycles. The summed E-state index contributed by atoms with van der Waals surface area (Å²) in [6.45, 7) is 9.09. The number of amides is 4. The molecule has 0 spiro atoms. The number of hydrogen-bond donors (Lipinski definition) is 3. The Morgan fingerprint density at radius 3 is 2.38 bits per heavy atom. The van der Waals surface area contributed by atoms with Gasteiger partial charge in [-0.1, -0.05) is 45.0 Å². The van der Waals surface area contributed by atoms with Gasteiger partial charge in [-0.15, -0.1) is 11.3 Å². The van der Waals surface area contributed by atoms with Crippen molar-refractivity contribution in [2.75, 3.05) is 26.4 Å². The molecule has 4 rings (SSSR count). The smallest absolute Gasteiger partial charge is 0.248 e. The van der Waals surface area contributed by atoms with Gasteiger partial charge in [0.2, 0.25) is 23.6 Å². The minimum absolute atomic E-state index is 0.180. The minimum Gasteiger partial charge on any atom is -0.494 e. The van der Waals surface area contributed by atoms with Crippen molar-refractivity contribution in [3.05, 3.63) is 70.9 Å².